The summed E-state index contributed by atoms with van der Waals surface area (Å²) < 4.78 is 0. The standard InChI is InChI=1S/C16H30N2/c1-18-15-10-6-5-9-14(15)17-16(18)12-11-13-7-3-2-4-8-13/h13-17H,2-12H2,1H3/t14-,15+,16-/m0/s1. The third-order valence-corrected chi connectivity index (χ3v) is 5.72. The predicted octanol–water partition coefficient (Wildman–Crippen LogP) is 3.52. The van der Waals surface area contributed by atoms with Gasteiger partial charge in [-0.25, -0.2) is 0 Å². The summed E-state index contributed by atoms with van der Waals surface area (Å²) in [6.07, 6.45) is 16.7. The molecule has 3 rings (SSSR count). The molecule has 1 saturated heterocycles. The predicted molar refractivity (Wildman–Crippen MR) is 76.5 cm³/mol. The molecule has 18 heavy (non-hydrogen) atoms. The van der Waals surface area contributed by atoms with Crippen LogP contribution in [-0.2, 0) is 0 Å². The Morgan fingerprint density at radius 1 is 0.889 bits per heavy atom. The van der Waals surface area contributed by atoms with Crippen LogP contribution in [0.4, 0.5) is 0 Å². The maximum absolute atomic E-state index is 3.91. The molecule has 0 aromatic carbocycles. The van der Waals surface area contributed by atoms with Crippen molar-refractivity contribution >= 4 is 0 Å². The van der Waals surface area contributed by atoms with Gasteiger partial charge in [0.1, 0.15) is 0 Å². The Morgan fingerprint density at radius 3 is 2.39 bits per heavy atom. The van der Waals surface area contributed by atoms with E-state index in [1.165, 1.54) is 70.6 Å². The molecular formula is C16H30N2. The van der Waals surface area contributed by atoms with Gasteiger partial charge in [-0.3, -0.25) is 10.2 Å². The first-order chi connectivity index (χ1) is 8.84. The maximum atomic E-state index is 3.91. The first-order valence-corrected chi connectivity index (χ1v) is 8.32. The van der Waals surface area contributed by atoms with Gasteiger partial charge in [-0.2, -0.15) is 0 Å². The second-order valence-corrected chi connectivity index (χ2v) is 6.89. The fourth-order valence-corrected chi connectivity index (χ4v) is 4.55. The van der Waals surface area contributed by atoms with Crippen molar-refractivity contribution in [2.75, 3.05) is 7.05 Å². The van der Waals surface area contributed by atoms with Crippen molar-refractivity contribution in [1.29, 1.82) is 0 Å². The molecule has 0 aromatic heterocycles. The van der Waals surface area contributed by atoms with Crippen molar-refractivity contribution in [3.05, 3.63) is 0 Å². The van der Waals surface area contributed by atoms with Crippen molar-refractivity contribution in [3.63, 3.8) is 0 Å². The zero-order valence-electron chi connectivity index (χ0n) is 12.0. The van der Waals surface area contributed by atoms with E-state index in [2.05, 4.69) is 17.3 Å². The van der Waals surface area contributed by atoms with Crippen LogP contribution < -0.4 is 5.32 Å². The second-order valence-electron chi connectivity index (χ2n) is 6.89. The topological polar surface area (TPSA) is 15.3 Å². The van der Waals surface area contributed by atoms with Crippen LogP contribution in [-0.4, -0.2) is 30.2 Å². The van der Waals surface area contributed by atoms with E-state index in [1.807, 2.05) is 0 Å². The molecule has 0 bridgehead atoms. The summed E-state index contributed by atoms with van der Waals surface area (Å²) in [6.45, 7) is 0. The average molecular weight is 250 g/mol. The maximum Gasteiger partial charge on any atom is 0.0600 e. The number of rotatable bonds is 3. The first kappa shape index (κ1) is 12.9. The number of fused-ring (bicyclic) bond motifs is 1. The highest BCUT2D eigenvalue weighted by molar-refractivity contribution is 4.96. The Kier molecular flexibility index (Phi) is 4.25. The van der Waals surface area contributed by atoms with Crippen LogP contribution in [0.2, 0.25) is 0 Å². The normalized spacial score (nSPS) is 38.8. The Bertz CT molecular complexity index is 260. The number of hydrogen-bond acceptors (Lipinski definition) is 2. The molecule has 0 unspecified atom stereocenters. The fourth-order valence-electron chi connectivity index (χ4n) is 4.55. The summed E-state index contributed by atoms with van der Waals surface area (Å²) >= 11 is 0. The van der Waals surface area contributed by atoms with Crippen molar-refractivity contribution < 1.29 is 0 Å². The van der Waals surface area contributed by atoms with Crippen LogP contribution in [0.25, 0.3) is 0 Å². The van der Waals surface area contributed by atoms with Gasteiger partial charge in [0.05, 0.1) is 6.17 Å². The molecule has 2 saturated carbocycles. The zero-order valence-corrected chi connectivity index (χ0v) is 12.0. The molecule has 0 spiro atoms. The minimum Gasteiger partial charge on any atom is -0.297 e. The van der Waals surface area contributed by atoms with Crippen LogP contribution in [0, 0.1) is 5.92 Å². The summed E-state index contributed by atoms with van der Waals surface area (Å²) in [5, 5.41) is 3.91. The van der Waals surface area contributed by atoms with Gasteiger partial charge in [-0.05, 0) is 38.6 Å². The highest BCUT2D eigenvalue weighted by atomic mass is 15.4. The second kappa shape index (κ2) is 5.92. The lowest BCUT2D eigenvalue weighted by atomic mass is 9.86. The average Bonchev–Trinajstić information content (AvgIpc) is 2.75. The molecule has 104 valence electrons. The van der Waals surface area contributed by atoms with Crippen LogP contribution in [0.15, 0.2) is 0 Å². The van der Waals surface area contributed by atoms with Gasteiger partial charge in [0.2, 0.25) is 0 Å². The van der Waals surface area contributed by atoms with E-state index >= 15 is 0 Å². The lowest BCUT2D eigenvalue weighted by Gasteiger charge is -2.29. The fraction of sp³-hybridized carbons (Fsp3) is 1.00. The van der Waals surface area contributed by atoms with E-state index in [9.17, 15) is 0 Å². The summed E-state index contributed by atoms with van der Waals surface area (Å²) in [6, 6.07) is 1.65. The lowest BCUT2D eigenvalue weighted by molar-refractivity contribution is 0.186. The zero-order chi connectivity index (χ0) is 12.4. The van der Waals surface area contributed by atoms with Gasteiger partial charge in [0.15, 0.2) is 0 Å². The monoisotopic (exact) mass is 250 g/mol. The summed E-state index contributed by atoms with van der Waals surface area (Å²) in [7, 11) is 2.36. The molecule has 1 heterocycles. The van der Waals surface area contributed by atoms with E-state index in [0.717, 1.165) is 18.0 Å². The van der Waals surface area contributed by atoms with E-state index in [1.54, 1.807) is 0 Å². The van der Waals surface area contributed by atoms with Gasteiger partial charge in [0.25, 0.3) is 0 Å². The van der Waals surface area contributed by atoms with Crippen molar-refractivity contribution in [3.8, 4) is 0 Å². The largest absolute Gasteiger partial charge is 0.297 e. The van der Waals surface area contributed by atoms with Gasteiger partial charge in [-0.1, -0.05) is 44.9 Å². The quantitative estimate of drug-likeness (QED) is 0.824. The minimum absolute atomic E-state index is 0.681. The molecule has 2 nitrogen and oxygen atoms in total. The molecule has 1 N–H and O–H groups in total. The van der Waals surface area contributed by atoms with E-state index in [0.29, 0.717) is 6.17 Å². The first-order valence-electron chi connectivity index (χ1n) is 8.32. The van der Waals surface area contributed by atoms with Gasteiger partial charge in [0, 0.05) is 12.1 Å². The summed E-state index contributed by atoms with van der Waals surface area (Å²) in [5.74, 6) is 1.04. The SMILES string of the molecule is CN1[C@@H]2CCCC[C@@H]2N[C@@H]1CCC1CCCCC1. The molecule has 3 atom stereocenters. The third kappa shape index (κ3) is 2.75. The van der Waals surface area contributed by atoms with Crippen LogP contribution >= 0.6 is 0 Å². The van der Waals surface area contributed by atoms with E-state index in [4.69, 9.17) is 0 Å². The molecule has 0 amide bonds. The molecule has 0 radical (unpaired) electrons. The van der Waals surface area contributed by atoms with Gasteiger partial charge >= 0.3 is 0 Å². The molecule has 2 aliphatic carbocycles. The number of nitrogens with zero attached hydrogens (tertiary/aromatic N) is 1. The Hall–Kier alpha value is -0.0800. The van der Waals surface area contributed by atoms with Crippen molar-refractivity contribution in [2.45, 2.75) is 88.9 Å². The Morgan fingerprint density at radius 2 is 1.61 bits per heavy atom. The van der Waals surface area contributed by atoms with E-state index in [-0.39, 0.29) is 0 Å². The summed E-state index contributed by atoms with van der Waals surface area (Å²) in [5.41, 5.74) is 0. The Balaban J connectivity index is 1.47. The van der Waals surface area contributed by atoms with Gasteiger partial charge < -0.3 is 0 Å². The number of nitrogens with one attached hydrogen (secondary N) is 1. The number of hydrogen-bond donors (Lipinski definition) is 1. The van der Waals surface area contributed by atoms with Crippen LogP contribution in [0.3, 0.4) is 0 Å². The third-order valence-electron chi connectivity index (χ3n) is 5.72. The molecule has 2 heteroatoms. The highest BCUT2D eigenvalue weighted by Gasteiger charge is 2.39. The number of likely N-dealkylation sites (N-methyl/N-ethyl adjacent to an activating group) is 1. The smallest absolute Gasteiger partial charge is 0.0600 e. The van der Waals surface area contributed by atoms with Crippen molar-refractivity contribution in [1.82, 2.24) is 10.2 Å². The van der Waals surface area contributed by atoms with Gasteiger partial charge in [-0.15, -0.1) is 0 Å². The molecule has 3 fully saturated rings. The summed E-state index contributed by atoms with van der Waals surface area (Å²) in [4.78, 5) is 2.66. The van der Waals surface area contributed by atoms with Crippen LogP contribution in [0.1, 0.15) is 70.6 Å². The lowest BCUT2D eigenvalue weighted by Crippen LogP contribution is -2.37. The van der Waals surface area contributed by atoms with E-state index < -0.39 is 0 Å². The molecule has 3 aliphatic rings. The minimum atomic E-state index is 0.681. The Labute approximate surface area is 113 Å². The molecule has 0 aromatic rings. The van der Waals surface area contributed by atoms with Crippen LogP contribution in [0.5, 0.6) is 0 Å². The molecular weight excluding hydrogens is 220 g/mol. The van der Waals surface area contributed by atoms with Crippen molar-refractivity contribution in [2.24, 2.45) is 5.92 Å². The highest BCUT2D eigenvalue weighted by Crippen LogP contribution is 2.32. The molecule has 1 aliphatic heterocycles.